The summed E-state index contributed by atoms with van der Waals surface area (Å²) in [5.41, 5.74) is 2.57. The van der Waals surface area contributed by atoms with Crippen molar-refractivity contribution in [2.24, 2.45) is 5.41 Å². The lowest BCUT2D eigenvalue weighted by molar-refractivity contribution is -0.144. The summed E-state index contributed by atoms with van der Waals surface area (Å²) in [4.78, 5) is 30.8. The Balaban J connectivity index is 1.22. The molecular weight excluding hydrogens is 484 g/mol. The number of likely N-dealkylation sites (tertiary alicyclic amines) is 2. The van der Waals surface area contributed by atoms with Gasteiger partial charge in [-0.25, -0.2) is 4.68 Å². The number of carbonyl (C=O) groups excluding carboxylic acids is 2. The Labute approximate surface area is 224 Å². The Morgan fingerprint density at radius 2 is 1.76 bits per heavy atom. The molecule has 10 heteroatoms. The van der Waals surface area contributed by atoms with Crippen molar-refractivity contribution in [3.8, 4) is 0 Å². The lowest BCUT2D eigenvalue weighted by Crippen LogP contribution is -2.50. The van der Waals surface area contributed by atoms with Gasteiger partial charge in [0, 0.05) is 51.3 Å². The molecule has 3 N–H and O–H groups in total. The van der Waals surface area contributed by atoms with Crippen LogP contribution in [-0.2, 0) is 22.7 Å². The van der Waals surface area contributed by atoms with Crippen LogP contribution in [0.5, 0.6) is 0 Å². The molecule has 2 aliphatic heterocycles. The largest absolute Gasteiger partial charge is 0.392 e. The van der Waals surface area contributed by atoms with Crippen molar-refractivity contribution >= 4 is 11.8 Å². The maximum Gasteiger partial charge on any atom is 0.248 e. The predicted octanol–water partition coefficient (Wildman–Crippen LogP) is 1.59. The van der Waals surface area contributed by atoms with Crippen molar-refractivity contribution in [1.29, 1.82) is 0 Å². The molecule has 1 aromatic carbocycles. The summed E-state index contributed by atoms with van der Waals surface area (Å²) in [5, 5.41) is 31.7. The number of rotatable bonds is 8. The van der Waals surface area contributed by atoms with E-state index in [-0.39, 0.29) is 30.9 Å². The van der Waals surface area contributed by atoms with Gasteiger partial charge < -0.3 is 20.4 Å². The van der Waals surface area contributed by atoms with Crippen LogP contribution in [-0.4, -0.2) is 84.7 Å². The van der Waals surface area contributed by atoms with Crippen molar-refractivity contribution in [3.63, 3.8) is 0 Å². The lowest BCUT2D eigenvalue weighted by atomic mass is 9.85. The second-order valence-corrected chi connectivity index (χ2v) is 12.3. The molecule has 3 aliphatic rings. The number of carbonyl (C=O) groups is 2. The van der Waals surface area contributed by atoms with E-state index < -0.39 is 23.6 Å². The average molecular weight is 525 g/mol. The third kappa shape index (κ3) is 6.08. The van der Waals surface area contributed by atoms with Crippen LogP contribution in [0.4, 0.5) is 0 Å². The highest BCUT2D eigenvalue weighted by Crippen LogP contribution is 2.40. The fourth-order valence-corrected chi connectivity index (χ4v) is 5.61. The fourth-order valence-electron chi connectivity index (χ4n) is 5.61. The Bertz CT molecular complexity index is 1140. The predicted molar refractivity (Wildman–Crippen MR) is 141 cm³/mol. The minimum absolute atomic E-state index is 0.119. The molecule has 206 valence electrons. The Hall–Kier alpha value is -2.82. The smallest absolute Gasteiger partial charge is 0.248 e. The Morgan fingerprint density at radius 3 is 2.39 bits per heavy atom. The van der Waals surface area contributed by atoms with Gasteiger partial charge in [0.25, 0.3) is 0 Å². The molecular formula is C28H40N6O4. The van der Waals surface area contributed by atoms with Gasteiger partial charge in [0.1, 0.15) is 12.1 Å². The molecule has 38 heavy (non-hydrogen) atoms. The van der Waals surface area contributed by atoms with Crippen LogP contribution >= 0.6 is 0 Å². The highest BCUT2D eigenvalue weighted by molar-refractivity contribution is 5.90. The third-order valence-electron chi connectivity index (χ3n) is 7.85. The summed E-state index contributed by atoms with van der Waals surface area (Å²) in [6.07, 6.45) is 4.09. The van der Waals surface area contributed by atoms with Crippen LogP contribution in [0.25, 0.3) is 0 Å². The number of nitrogens with zero attached hydrogens (tertiary/aromatic N) is 5. The number of amides is 2. The van der Waals surface area contributed by atoms with Gasteiger partial charge >= 0.3 is 0 Å². The van der Waals surface area contributed by atoms with Gasteiger partial charge in [-0.15, -0.1) is 5.10 Å². The van der Waals surface area contributed by atoms with E-state index >= 15 is 0 Å². The monoisotopic (exact) mass is 524 g/mol. The summed E-state index contributed by atoms with van der Waals surface area (Å²) >= 11 is 0. The Kier molecular flexibility index (Phi) is 7.57. The van der Waals surface area contributed by atoms with E-state index in [0.717, 1.165) is 49.2 Å². The number of hydrogen-bond donors (Lipinski definition) is 3. The number of aromatic nitrogens is 3. The molecule has 1 aliphatic carbocycles. The zero-order chi connectivity index (χ0) is 27.0. The van der Waals surface area contributed by atoms with Crippen LogP contribution in [0.3, 0.4) is 0 Å². The molecule has 5 rings (SSSR count). The normalized spacial score (nSPS) is 25.1. The second-order valence-electron chi connectivity index (χ2n) is 12.3. The van der Waals surface area contributed by atoms with Gasteiger partial charge in [0.15, 0.2) is 0 Å². The molecule has 3 fully saturated rings. The van der Waals surface area contributed by atoms with Crippen LogP contribution < -0.4 is 5.32 Å². The van der Waals surface area contributed by atoms with Gasteiger partial charge in [-0.1, -0.05) is 50.3 Å². The zero-order valence-corrected chi connectivity index (χ0v) is 22.6. The second kappa shape index (κ2) is 10.7. The van der Waals surface area contributed by atoms with E-state index in [1.165, 1.54) is 4.90 Å². The van der Waals surface area contributed by atoms with Crippen molar-refractivity contribution in [1.82, 2.24) is 30.1 Å². The maximum absolute atomic E-state index is 13.8. The highest BCUT2D eigenvalue weighted by atomic mass is 16.3. The number of benzene rings is 1. The number of β-amino-alcohol motifs (C(OH)–C–C–N with tert-alkyl or cyclic N) is 2. The molecule has 2 saturated heterocycles. The third-order valence-corrected chi connectivity index (χ3v) is 7.85. The van der Waals surface area contributed by atoms with Crippen LogP contribution in [0.1, 0.15) is 75.2 Å². The van der Waals surface area contributed by atoms with Crippen molar-refractivity contribution < 1.29 is 19.8 Å². The molecule has 2 aromatic rings. The topological polar surface area (TPSA) is 124 Å². The zero-order valence-electron chi connectivity index (χ0n) is 22.6. The first-order valence-corrected chi connectivity index (χ1v) is 13.7. The van der Waals surface area contributed by atoms with E-state index in [2.05, 4.69) is 20.5 Å². The minimum Gasteiger partial charge on any atom is -0.392 e. The summed E-state index contributed by atoms with van der Waals surface area (Å²) in [6, 6.07) is 6.70. The van der Waals surface area contributed by atoms with Gasteiger partial charge in [-0.2, -0.15) is 0 Å². The van der Waals surface area contributed by atoms with Crippen molar-refractivity contribution in [2.45, 2.75) is 89.8 Å². The first-order chi connectivity index (χ1) is 18.1. The molecule has 10 nitrogen and oxygen atoms in total. The van der Waals surface area contributed by atoms with Crippen LogP contribution in [0, 0.1) is 5.41 Å². The van der Waals surface area contributed by atoms with E-state index in [9.17, 15) is 19.8 Å². The number of aliphatic hydroxyl groups is 2. The quantitative estimate of drug-likeness (QED) is 0.479. The lowest BCUT2D eigenvalue weighted by Gasteiger charge is -2.34. The molecule has 3 unspecified atom stereocenters. The highest BCUT2D eigenvalue weighted by Gasteiger charge is 2.45. The number of hydrogen-bond acceptors (Lipinski definition) is 7. The first-order valence-electron chi connectivity index (χ1n) is 13.7. The molecule has 2 amide bonds. The molecule has 4 atom stereocenters. The summed E-state index contributed by atoms with van der Waals surface area (Å²) < 4.78 is 1.64. The average Bonchev–Trinajstić information content (AvgIpc) is 3.24. The summed E-state index contributed by atoms with van der Waals surface area (Å²) in [5.74, 6) is -0.0680. The molecule has 0 bridgehead atoms. The van der Waals surface area contributed by atoms with Crippen LogP contribution in [0.2, 0.25) is 0 Å². The fraction of sp³-hybridized carbons (Fsp3) is 0.643. The van der Waals surface area contributed by atoms with Crippen LogP contribution in [0.15, 0.2) is 30.5 Å². The SMILES string of the molecule is CC(C)(C)[C@@H](C(=O)N1CC(O)CC1C(=O)NCc1ccc(CN2CCC(O)C2)cc1)n1cc(C2CC2)nn1. The van der Waals surface area contributed by atoms with Gasteiger partial charge in [0.05, 0.1) is 17.9 Å². The summed E-state index contributed by atoms with van der Waals surface area (Å²) in [7, 11) is 0. The number of aliphatic hydroxyl groups excluding tert-OH is 2. The van der Waals surface area contributed by atoms with Crippen molar-refractivity contribution in [2.75, 3.05) is 19.6 Å². The molecule has 0 radical (unpaired) electrons. The van der Waals surface area contributed by atoms with E-state index in [4.69, 9.17) is 0 Å². The van der Waals surface area contributed by atoms with E-state index in [1.807, 2.05) is 51.2 Å². The van der Waals surface area contributed by atoms with Crippen molar-refractivity contribution in [3.05, 3.63) is 47.3 Å². The molecule has 1 saturated carbocycles. The molecule has 3 heterocycles. The number of nitrogens with one attached hydrogen (secondary N) is 1. The Morgan fingerprint density at radius 1 is 1.05 bits per heavy atom. The summed E-state index contributed by atoms with van der Waals surface area (Å²) in [6.45, 7) is 8.79. The first kappa shape index (κ1) is 26.8. The van der Waals surface area contributed by atoms with Gasteiger partial charge in [-0.05, 0) is 35.8 Å². The maximum atomic E-state index is 13.8. The molecule has 0 spiro atoms. The minimum atomic E-state index is -0.753. The van der Waals surface area contributed by atoms with Gasteiger partial charge in [0.2, 0.25) is 11.8 Å². The van der Waals surface area contributed by atoms with Gasteiger partial charge in [-0.3, -0.25) is 14.5 Å². The standard InChI is InChI=1S/C28H40N6O4/c1-28(2,3)25(34-17-23(30-31-34)20-8-9-20)27(38)33-16-22(36)12-24(33)26(37)29-13-18-4-6-19(7-5-18)14-32-11-10-21(35)15-32/h4-7,17,20-22,24-25,35-36H,8-16H2,1-3H3,(H,29,37)/t21?,22?,24?,25-/m1/s1. The molecule has 1 aromatic heterocycles. The van der Waals surface area contributed by atoms with E-state index in [1.54, 1.807) is 4.68 Å². The van der Waals surface area contributed by atoms with E-state index in [0.29, 0.717) is 19.0 Å².